The van der Waals surface area contributed by atoms with Gasteiger partial charge in [-0.05, 0) is 104 Å². The van der Waals surface area contributed by atoms with Crippen LogP contribution in [0.3, 0.4) is 0 Å². The summed E-state index contributed by atoms with van der Waals surface area (Å²) in [5.41, 5.74) is 1.06. The Bertz CT molecular complexity index is 526. The molecule has 0 aromatic rings. The van der Waals surface area contributed by atoms with Crippen molar-refractivity contribution in [1.29, 1.82) is 0 Å². The first kappa shape index (κ1) is 20.2. The predicted molar refractivity (Wildman–Crippen MR) is 114 cm³/mol. The zero-order valence-electron chi connectivity index (χ0n) is 18.8. The minimum Gasteiger partial charge on any atom is -0.393 e. The van der Waals surface area contributed by atoms with Gasteiger partial charge in [-0.1, -0.05) is 53.9 Å². The molecule has 27 heavy (non-hydrogen) atoms. The van der Waals surface area contributed by atoms with Gasteiger partial charge in [-0.3, -0.25) is 0 Å². The molecule has 1 N–H and O–H groups in total. The number of fused-ring (bicyclic) bond motifs is 5. The Morgan fingerprint density at radius 2 is 1.63 bits per heavy atom. The lowest BCUT2D eigenvalue weighted by atomic mass is 9.47. The lowest BCUT2D eigenvalue weighted by Gasteiger charge is -2.58. The number of rotatable bonds is 5. The highest BCUT2D eigenvalue weighted by atomic mass is 16.3. The first-order valence-electron chi connectivity index (χ1n) is 12.4. The molecule has 4 rings (SSSR count). The molecule has 9 atom stereocenters. The molecule has 4 fully saturated rings. The van der Waals surface area contributed by atoms with Gasteiger partial charge in [0.15, 0.2) is 0 Å². The summed E-state index contributed by atoms with van der Waals surface area (Å²) in [6.07, 6.45) is 15.2. The van der Waals surface area contributed by atoms with Gasteiger partial charge in [-0.15, -0.1) is 0 Å². The van der Waals surface area contributed by atoms with Crippen molar-refractivity contribution in [1.82, 2.24) is 0 Å². The summed E-state index contributed by atoms with van der Waals surface area (Å²) in [6, 6.07) is 0. The van der Waals surface area contributed by atoms with Crippen LogP contribution in [0.5, 0.6) is 0 Å². The molecule has 0 amide bonds. The SMILES string of the molecule is CC(C)CCC[C@H](C)[C@@H]1CC[C@@H]2[C@@H]3CC[C@H]4C[C@H](O)C[C@]4(C)[C@@H]3CC[C@]21C. The molecule has 0 aliphatic heterocycles. The molecule has 4 saturated carbocycles. The largest absolute Gasteiger partial charge is 0.393 e. The highest BCUT2D eigenvalue weighted by Crippen LogP contribution is 2.68. The maximum atomic E-state index is 10.4. The van der Waals surface area contributed by atoms with Crippen LogP contribution in [0, 0.1) is 52.3 Å². The number of hydrogen-bond donors (Lipinski definition) is 1. The highest BCUT2D eigenvalue weighted by Gasteiger charge is 2.61. The van der Waals surface area contributed by atoms with Crippen LogP contribution in [-0.4, -0.2) is 11.2 Å². The Balaban J connectivity index is 1.47. The number of aliphatic hydroxyl groups excluding tert-OH is 1. The van der Waals surface area contributed by atoms with Crippen LogP contribution in [0.2, 0.25) is 0 Å². The van der Waals surface area contributed by atoms with Crippen LogP contribution < -0.4 is 0 Å². The van der Waals surface area contributed by atoms with E-state index in [0.717, 1.165) is 54.3 Å². The van der Waals surface area contributed by atoms with Crippen LogP contribution in [0.25, 0.3) is 0 Å². The van der Waals surface area contributed by atoms with Crippen molar-refractivity contribution in [2.75, 3.05) is 0 Å². The second-order valence-corrected chi connectivity index (χ2v) is 12.3. The summed E-state index contributed by atoms with van der Waals surface area (Å²) >= 11 is 0. The van der Waals surface area contributed by atoms with Crippen LogP contribution in [-0.2, 0) is 0 Å². The Morgan fingerprint density at radius 1 is 0.889 bits per heavy atom. The van der Waals surface area contributed by atoms with E-state index in [4.69, 9.17) is 0 Å². The third kappa shape index (κ3) is 3.32. The zero-order chi connectivity index (χ0) is 19.4. The van der Waals surface area contributed by atoms with E-state index in [1.165, 1.54) is 57.8 Å². The molecule has 0 saturated heterocycles. The van der Waals surface area contributed by atoms with Gasteiger partial charge in [-0.2, -0.15) is 0 Å². The van der Waals surface area contributed by atoms with Crippen LogP contribution >= 0.6 is 0 Å². The normalized spacial score (nSPS) is 50.3. The predicted octanol–water partition coefficient (Wildman–Crippen LogP) is 7.08. The summed E-state index contributed by atoms with van der Waals surface area (Å²) in [6.45, 7) is 12.6. The van der Waals surface area contributed by atoms with E-state index in [0.29, 0.717) is 10.8 Å². The minimum absolute atomic E-state index is 0.00985. The van der Waals surface area contributed by atoms with Crippen molar-refractivity contribution in [3.05, 3.63) is 0 Å². The van der Waals surface area contributed by atoms with Gasteiger partial charge in [0.2, 0.25) is 0 Å². The maximum absolute atomic E-state index is 10.4. The second kappa shape index (κ2) is 7.33. The standard InChI is InChI=1S/C26H46O/c1-17(2)7-6-8-18(3)22-11-12-23-21-10-9-19-15-20(27)16-26(19,5)24(21)13-14-25(22,23)4/h17-24,27H,6-16H2,1-5H3/t18-,19-,20-,21-,22-,23+,24+,25-,26-/m0/s1. The zero-order valence-corrected chi connectivity index (χ0v) is 18.8. The first-order valence-corrected chi connectivity index (χ1v) is 12.4. The molecule has 0 bridgehead atoms. The van der Waals surface area contributed by atoms with Crippen molar-refractivity contribution in [3.8, 4) is 0 Å². The van der Waals surface area contributed by atoms with Gasteiger partial charge in [0.1, 0.15) is 0 Å². The van der Waals surface area contributed by atoms with E-state index in [1.807, 2.05) is 0 Å². The molecular weight excluding hydrogens is 328 g/mol. The second-order valence-electron chi connectivity index (χ2n) is 12.3. The lowest BCUT2D eigenvalue weighted by Crippen LogP contribution is -2.50. The summed E-state index contributed by atoms with van der Waals surface area (Å²) in [7, 11) is 0. The molecule has 4 aliphatic carbocycles. The third-order valence-corrected chi connectivity index (χ3v) is 10.5. The Kier molecular flexibility index (Phi) is 5.50. The third-order valence-electron chi connectivity index (χ3n) is 10.5. The molecular formula is C26H46O. The van der Waals surface area contributed by atoms with Crippen molar-refractivity contribution in [2.45, 2.75) is 111 Å². The van der Waals surface area contributed by atoms with E-state index in [2.05, 4.69) is 34.6 Å². The molecule has 0 aromatic carbocycles. The van der Waals surface area contributed by atoms with E-state index < -0.39 is 0 Å². The van der Waals surface area contributed by atoms with Gasteiger partial charge >= 0.3 is 0 Å². The summed E-state index contributed by atoms with van der Waals surface area (Å²) in [5, 5.41) is 10.4. The van der Waals surface area contributed by atoms with Gasteiger partial charge in [-0.25, -0.2) is 0 Å². The van der Waals surface area contributed by atoms with E-state index in [-0.39, 0.29) is 6.10 Å². The average molecular weight is 375 g/mol. The topological polar surface area (TPSA) is 20.2 Å². The van der Waals surface area contributed by atoms with Crippen molar-refractivity contribution >= 4 is 0 Å². The molecule has 4 aliphatic rings. The molecule has 0 unspecified atom stereocenters. The fourth-order valence-corrected chi connectivity index (χ4v) is 9.18. The molecule has 1 nitrogen and oxygen atoms in total. The highest BCUT2D eigenvalue weighted by molar-refractivity contribution is 5.10. The molecule has 0 spiro atoms. The van der Waals surface area contributed by atoms with Crippen LogP contribution in [0.4, 0.5) is 0 Å². The quantitative estimate of drug-likeness (QED) is 0.545. The Morgan fingerprint density at radius 3 is 2.37 bits per heavy atom. The molecule has 0 aromatic heterocycles. The Labute approximate surface area is 169 Å². The number of aliphatic hydroxyl groups is 1. The monoisotopic (exact) mass is 374 g/mol. The van der Waals surface area contributed by atoms with Gasteiger partial charge < -0.3 is 5.11 Å². The van der Waals surface area contributed by atoms with Crippen molar-refractivity contribution in [3.63, 3.8) is 0 Å². The first-order chi connectivity index (χ1) is 12.8. The molecule has 0 heterocycles. The molecule has 1 heteroatoms. The van der Waals surface area contributed by atoms with Crippen molar-refractivity contribution in [2.24, 2.45) is 52.3 Å². The summed E-state index contributed by atoms with van der Waals surface area (Å²) in [5.74, 6) is 6.39. The maximum Gasteiger partial charge on any atom is 0.0548 e. The fourth-order valence-electron chi connectivity index (χ4n) is 9.18. The van der Waals surface area contributed by atoms with E-state index in [9.17, 15) is 5.11 Å². The average Bonchev–Trinajstić information content (AvgIpc) is 3.09. The van der Waals surface area contributed by atoms with Gasteiger partial charge in [0, 0.05) is 0 Å². The van der Waals surface area contributed by atoms with Crippen molar-refractivity contribution < 1.29 is 5.11 Å². The summed E-state index contributed by atoms with van der Waals surface area (Å²) < 4.78 is 0. The van der Waals surface area contributed by atoms with Crippen LogP contribution in [0.15, 0.2) is 0 Å². The Hall–Kier alpha value is -0.0400. The van der Waals surface area contributed by atoms with Gasteiger partial charge in [0.05, 0.1) is 6.10 Å². The minimum atomic E-state index is -0.00985. The number of hydrogen-bond acceptors (Lipinski definition) is 1. The van der Waals surface area contributed by atoms with E-state index >= 15 is 0 Å². The summed E-state index contributed by atoms with van der Waals surface area (Å²) in [4.78, 5) is 0. The smallest absolute Gasteiger partial charge is 0.0548 e. The molecule has 156 valence electrons. The lowest BCUT2D eigenvalue weighted by molar-refractivity contribution is -0.0911. The van der Waals surface area contributed by atoms with Crippen LogP contribution in [0.1, 0.15) is 105 Å². The fraction of sp³-hybridized carbons (Fsp3) is 1.00. The van der Waals surface area contributed by atoms with E-state index in [1.54, 1.807) is 0 Å². The van der Waals surface area contributed by atoms with Gasteiger partial charge in [0.25, 0.3) is 0 Å². The molecule has 0 radical (unpaired) electrons.